The Labute approximate surface area is 70.0 Å². The van der Waals surface area contributed by atoms with Crippen molar-refractivity contribution in [2.45, 2.75) is 33.6 Å². The van der Waals surface area contributed by atoms with Gasteiger partial charge in [0.05, 0.1) is 0 Å². The van der Waals surface area contributed by atoms with Crippen molar-refractivity contribution in [3.63, 3.8) is 0 Å². The Kier molecular flexibility index (Phi) is 2.92. The van der Waals surface area contributed by atoms with Crippen LogP contribution in [0.2, 0.25) is 0 Å². The average Bonchev–Trinajstić information content (AvgIpc) is 2.04. The second kappa shape index (κ2) is 3.75. The first kappa shape index (κ1) is 8.58. The van der Waals surface area contributed by atoms with Gasteiger partial charge in [-0.1, -0.05) is 32.1 Å². The molecule has 1 rings (SSSR count). The summed E-state index contributed by atoms with van der Waals surface area (Å²) in [7, 11) is 0. The molecule has 0 aliphatic heterocycles. The zero-order valence-electron chi connectivity index (χ0n) is 7.80. The first-order valence-electron chi connectivity index (χ1n) is 4.62. The number of hydrogen-bond donors (Lipinski definition) is 0. The van der Waals surface area contributed by atoms with E-state index in [0.717, 1.165) is 11.8 Å². The number of rotatable bonds is 1. The van der Waals surface area contributed by atoms with E-state index in [1.54, 1.807) is 0 Å². The smallest absolute Gasteiger partial charge is 0.0139 e. The van der Waals surface area contributed by atoms with Gasteiger partial charge in [-0.05, 0) is 37.2 Å². The van der Waals surface area contributed by atoms with Crippen molar-refractivity contribution < 1.29 is 0 Å². The van der Waals surface area contributed by atoms with Crippen LogP contribution in [0.15, 0.2) is 23.8 Å². The first-order valence-corrected chi connectivity index (χ1v) is 4.62. The van der Waals surface area contributed by atoms with Gasteiger partial charge in [0.25, 0.3) is 0 Å². The van der Waals surface area contributed by atoms with Crippen LogP contribution in [0.5, 0.6) is 0 Å². The highest BCUT2D eigenvalue weighted by Crippen LogP contribution is 2.31. The second-order valence-corrected chi connectivity index (χ2v) is 3.42. The molecule has 62 valence electrons. The molecule has 0 bridgehead atoms. The summed E-state index contributed by atoms with van der Waals surface area (Å²) in [6.45, 7) is 6.77. The highest BCUT2D eigenvalue weighted by Gasteiger charge is 2.19. The lowest BCUT2D eigenvalue weighted by atomic mass is 9.79. The Morgan fingerprint density at radius 1 is 1.64 bits per heavy atom. The Morgan fingerprint density at radius 3 is 2.82 bits per heavy atom. The maximum atomic E-state index is 2.35. The highest BCUT2D eigenvalue weighted by atomic mass is 14.2. The molecular formula is C11H18. The van der Waals surface area contributed by atoms with Crippen LogP contribution in [0, 0.1) is 11.8 Å². The molecule has 0 nitrogen and oxygen atoms in total. The Morgan fingerprint density at radius 2 is 2.36 bits per heavy atom. The summed E-state index contributed by atoms with van der Waals surface area (Å²) in [5, 5.41) is 0. The van der Waals surface area contributed by atoms with E-state index in [1.807, 2.05) is 0 Å². The third-order valence-corrected chi connectivity index (χ3v) is 2.71. The molecule has 0 N–H and O–H groups in total. The van der Waals surface area contributed by atoms with Crippen LogP contribution in [-0.4, -0.2) is 0 Å². The molecule has 0 radical (unpaired) electrons. The monoisotopic (exact) mass is 150 g/mol. The molecular weight excluding hydrogens is 132 g/mol. The van der Waals surface area contributed by atoms with Crippen molar-refractivity contribution in [3.8, 4) is 0 Å². The van der Waals surface area contributed by atoms with Crippen LogP contribution >= 0.6 is 0 Å². The minimum atomic E-state index is 0.810. The van der Waals surface area contributed by atoms with Gasteiger partial charge in [-0.25, -0.2) is 0 Å². The van der Waals surface area contributed by atoms with Crippen molar-refractivity contribution in [3.05, 3.63) is 23.8 Å². The Bertz CT molecular complexity index is 174. The quantitative estimate of drug-likeness (QED) is 0.536. The molecule has 1 aliphatic carbocycles. The van der Waals surface area contributed by atoms with Crippen molar-refractivity contribution in [2.24, 2.45) is 11.8 Å². The lowest BCUT2D eigenvalue weighted by Gasteiger charge is -2.26. The largest absolute Gasteiger partial charge is 0.0842 e. The summed E-state index contributed by atoms with van der Waals surface area (Å²) in [6.07, 6.45) is 9.38. The second-order valence-electron chi connectivity index (χ2n) is 3.42. The van der Waals surface area contributed by atoms with Crippen molar-refractivity contribution >= 4 is 0 Å². The minimum Gasteiger partial charge on any atom is -0.0842 e. The summed E-state index contributed by atoms with van der Waals surface area (Å²) in [5.41, 5.74) is 1.53. The minimum absolute atomic E-state index is 0.810. The van der Waals surface area contributed by atoms with Gasteiger partial charge < -0.3 is 0 Å². The summed E-state index contributed by atoms with van der Waals surface area (Å²) in [6, 6.07) is 0. The maximum Gasteiger partial charge on any atom is -0.0139 e. The predicted octanol–water partition coefficient (Wildman–Crippen LogP) is 3.55. The van der Waals surface area contributed by atoms with Crippen LogP contribution in [0.3, 0.4) is 0 Å². The van der Waals surface area contributed by atoms with Gasteiger partial charge in [-0.3, -0.25) is 0 Å². The van der Waals surface area contributed by atoms with Crippen LogP contribution in [0.1, 0.15) is 33.6 Å². The summed E-state index contributed by atoms with van der Waals surface area (Å²) >= 11 is 0. The molecule has 0 fully saturated rings. The molecule has 0 aromatic carbocycles. The molecule has 0 saturated carbocycles. The van der Waals surface area contributed by atoms with Gasteiger partial charge in [0.15, 0.2) is 0 Å². The molecule has 0 aromatic heterocycles. The molecule has 0 amide bonds. The molecule has 0 saturated heterocycles. The molecule has 0 heteroatoms. The van der Waals surface area contributed by atoms with Gasteiger partial charge in [0.2, 0.25) is 0 Å². The lowest BCUT2D eigenvalue weighted by Crippen LogP contribution is -2.15. The van der Waals surface area contributed by atoms with Crippen LogP contribution < -0.4 is 0 Å². The standard InChI is InChI=1S/C11H18/c1-4-10-8-6-7-9(3)11(10)5-2/h4,6,8-9,11H,5,7H2,1-3H3/b10-4-. The predicted molar refractivity (Wildman–Crippen MR) is 50.5 cm³/mol. The van der Waals surface area contributed by atoms with Gasteiger partial charge in [-0.15, -0.1) is 0 Å². The molecule has 0 heterocycles. The number of hydrogen-bond acceptors (Lipinski definition) is 0. The first-order chi connectivity index (χ1) is 5.29. The number of allylic oxidation sites excluding steroid dienone is 4. The van der Waals surface area contributed by atoms with E-state index < -0.39 is 0 Å². The summed E-state index contributed by atoms with van der Waals surface area (Å²) < 4.78 is 0. The van der Waals surface area contributed by atoms with Crippen LogP contribution in [0.25, 0.3) is 0 Å². The topological polar surface area (TPSA) is 0 Å². The molecule has 1 aliphatic rings. The zero-order valence-corrected chi connectivity index (χ0v) is 7.80. The van der Waals surface area contributed by atoms with Gasteiger partial charge in [-0.2, -0.15) is 0 Å². The third-order valence-electron chi connectivity index (χ3n) is 2.71. The summed E-state index contributed by atoms with van der Waals surface area (Å²) in [4.78, 5) is 0. The SMILES string of the molecule is C/C=C1/C=CCC(C)C1CC. The van der Waals surface area contributed by atoms with Crippen molar-refractivity contribution in [1.29, 1.82) is 0 Å². The fraction of sp³-hybridized carbons (Fsp3) is 0.636. The average molecular weight is 150 g/mol. The Hall–Kier alpha value is -0.520. The summed E-state index contributed by atoms with van der Waals surface area (Å²) in [5.74, 6) is 1.65. The van der Waals surface area contributed by atoms with Gasteiger partial charge in [0, 0.05) is 0 Å². The van der Waals surface area contributed by atoms with E-state index in [2.05, 4.69) is 39.0 Å². The normalized spacial score (nSPS) is 34.6. The van der Waals surface area contributed by atoms with Crippen molar-refractivity contribution in [2.75, 3.05) is 0 Å². The molecule has 0 aromatic rings. The van der Waals surface area contributed by atoms with E-state index in [1.165, 1.54) is 18.4 Å². The molecule has 2 atom stereocenters. The third kappa shape index (κ3) is 1.74. The molecule has 2 unspecified atom stereocenters. The fourth-order valence-electron chi connectivity index (χ4n) is 1.98. The Balaban J connectivity index is 2.77. The highest BCUT2D eigenvalue weighted by molar-refractivity contribution is 5.24. The van der Waals surface area contributed by atoms with E-state index in [4.69, 9.17) is 0 Å². The fourth-order valence-corrected chi connectivity index (χ4v) is 1.98. The van der Waals surface area contributed by atoms with E-state index in [-0.39, 0.29) is 0 Å². The van der Waals surface area contributed by atoms with Crippen molar-refractivity contribution in [1.82, 2.24) is 0 Å². The lowest BCUT2D eigenvalue weighted by molar-refractivity contribution is 0.397. The van der Waals surface area contributed by atoms with Crippen LogP contribution in [0.4, 0.5) is 0 Å². The van der Waals surface area contributed by atoms with E-state index in [9.17, 15) is 0 Å². The molecule has 0 spiro atoms. The van der Waals surface area contributed by atoms with Crippen LogP contribution in [-0.2, 0) is 0 Å². The van der Waals surface area contributed by atoms with E-state index in [0.29, 0.717) is 0 Å². The zero-order chi connectivity index (χ0) is 8.27. The molecule has 11 heavy (non-hydrogen) atoms. The van der Waals surface area contributed by atoms with Gasteiger partial charge in [0.1, 0.15) is 0 Å². The van der Waals surface area contributed by atoms with E-state index >= 15 is 0 Å². The maximum absolute atomic E-state index is 2.35. The van der Waals surface area contributed by atoms with Gasteiger partial charge >= 0.3 is 0 Å².